The van der Waals surface area contributed by atoms with Crippen LogP contribution in [0.3, 0.4) is 0 Å². The summed E-state index contributed by atoms with van der Waals surface area (Å²) in [6.07, 6.45) is 0. The Morgan fingerprint density at radius 3 is 2.69 bits per heavy atom. The van der Waals surface area contributed by atoms with Gasteiger partial charge >= 0.3 is 0 Å². The summed E-state index contributed by atoms with van der Waals surface area (Å²) in [5, 5.41) is 2.57. The molecule has 0 aliphatic carbocycles. The summed E-state index contributed by atoms with van der Waals surface area (Å²) in [6, 6.07) is 5.03. The van der Waals surface area contributed by atoms with Crippen LogP contribution >= 0.6 is 0 Å². The molecule has 5 nitrogen and oxygen atoms in total. The lowest BCUT2D eigenvalue weighted by Gasteiger charge is -2.09. The molecule has 0 aromatic heterocycles. The molecule has 0 radical (unpaired) electrons. The normalized spacial score (nSPS) is 9.88. The van der Waals surface area contributed by atoms with E-state index in [1.807, 2.05) is 6.92 Å². The Morgan fingerprint density at radius 1 is 1.44 bits per heavy atom. The van der Waals surface area contributed by atoms with Gasteiger partial charge in [0.15, 0.2) is 0 Å². The number of rotatable bonds is 4. The monoisotopic (exact) mass is 222 g/mol. The second-order valence-electron chi connectivity index (χ2n) is 3.39. The Labute approximate surface area is 93.6 Å². The average molecular weight is 222 g/mol. The number of nitrogens with one attached hydrogen (secondary N) is 1. The van der Waals surface area contributed by atoms with Gasteiger partial charge in [-0.3, -0.25) is 9.59 Å². The number of carbonyl (C=O) groups is 2. The third-order valence-electron chi connectivity index (χ3n) is 1.99. The van der Waals surface area contributed by atoms with Crippen LogP contribution < -0.4 is 11.1 Å². The molecule has 0 bridgehead atoms. The molecule has 0 atom stereocenters. The molecule has 1 rings (SSSR count). The van der Waals surface area contributed by atoms with Crippen molar-refractivity contribution in [3.05, 3.63) is 29.3 Å². The van der Waals surface area contributed by atoms with Crippen LogP contribution in [0.15, 0.2) is 18.2 Å². The molecule has 2 amide bonds. The fraction of sp³-hybridized carbons (Fsp3) is 0.273. The number of carbonyl (C=O) groups excluding carboxylic acids is 2. The summed E-state index contributed by atoms with van der Waals surface area (Å²) >= 11 is 0. The van der Waals surface area contributed by atoms with E-state index in [1.165, 1.54) is 7.11 Å². The first-order chi connectivity index (χ1) is 7.54. The van der Waals surface area contributed by atoms with E-state index < -0.39 is 5.91 Å². The van der Waals surface area contributed by atoms with E-state index in [2.05, 4.69) is 10.1 Å². The molecule has 0 saturated heterocycles. The lowest BCUT2D eigenvalue weighted by Crippen LogP contribution is -2.21. The van der Waals surface area contributed by atoms with Crippen LogP contribution in [0.25, 0.3) is 0 Å². The Hall–Kier alpha value is -1.88. The van der Waals surface area contributed by atoms with Crippen LogP contribution in [0.1, 0.15) is 15.9 Å². The number of anilines is 1. The number of primary amides is 1. The Balaban J connectivity index is 2.96. The van der Waals surface area contributed by atoms with Crippen molar-refractivity contribution in [2.75, 3.05) is 19.0 Å². The first-order valence-corrected chi connectivity index (χ1v) is 4.74. The minimum absolute atomic E-state index is 0.0633. The summed E-state index contributed by atoms with van der Waals surface area (Å²) in [5.74, 6) is -0.900. The number of nitrogens with two attached hydrogens (primary N) is 1. The van der Waals surface area contributed by atoms with Crippen molar-refractivity contribution in [2.45, 2.75) is 6.92 Å². The molecule has 1 aromatic carbocycles. The van der Waals surface area contributed by atoms with E-state index in [4.69, 9.17) is 5.73 Å². The molecule has 0 aliphatic rings. The number of benzene rings is 1. The summed E-state index contributed by atoms with van der Waals surface area (Å²) in [4.78, 5) is 22.4. The standard InChI is InChI=1S/C11H14N2O3/c1-7-3-4-8(11(12)15)9(5-7)13-10(14)6-16-2/h3-5H,6H2,1-2H3,(H2,12,15)(H,13,14). The Bertz CT molecular complexity index is 416. The maximum atomic E-state index is 11.3. The fourth-order valence-electron chi connectivity index (χ4n) is 1.29. The van der Waals surface area contributed by atoms with Crippen molar-refractivity contribution in [3.63, 3.8) is 0 Å². The first-order valence-electron chi connectivity index (χ1n) is 4.74. The lowest BCUT2D eigenvalue weighted by atomic mass is 10.1. The number of hydrogen-bond acceptors (Lipinski definition) is 3. The molecule has 0 aliphatic heterocycles. The highest BCUT2D eigenvalue weighted by Gasteiger charge is 2.10. The molecule has 0 fully saturated rings. The topological polar surface area (TPSA) is 81.4 Å². The SMILES string of the molecule is COCC(=O)Nc1cc(C)ccc1C(N)=O. The van der Waals surface area contributed by atoms with Gasteiger partial charge in [0.05, 0.1) is 11.3 Å². The third-order valence-corrected chi connectivity index (χ3v) is 1.99. The number of hydrogen-bond donors (Lipinski definition) is 2. The zero-order valence-electron chi connectivity index (χ0n) is 9.24. The smallest absolute Gasteiger partial charge is 0.250 e. The number of methoxy groups -OCH3 is 1. The summed E-state index contributed by atoms with van der Waals surface area (Å²) in [6.45, 7) is 1.79. The van der Waals surface area contributed by atoms with Gasteiger partial charge < -0.3 is 15.8 Å². The largest absolute Gasteiger partial charge is 0.375 e. The highest BCUT2D eigenvalue weighted by molar-refractivity contribution is 6.03. The van der Waals surface area contributed by atoms with Gasteiger partial charge in [0.25, 0.3) is 5.91 Å². The molecule has 1 aromatic rings. The van der Waals surface area contributed by atoms with Crippen molar-refractivity contribution >= 4 is 17.5 Å². The van der Waals surface area contributed by atoms with E-state index in [1.54, 1.807) is 18.2 Å². The first kappa shape index (κ1) is 12.2. The molecule has 0 saturated carbocycles. The highest BCUT2D eigenvalue weighted by Crippen LogP contribution is 2.16. The maximum absolute atomic E-state index is 11.3. The van der Waals surface area contributed by atoms with Crippen LogP contribution in [0.4, 0.5) is 5.69 Å². The minimum atomic E-state index is -0.576. The van der Waals surface area contributed by atoms with Crippen molar-refractivity contribution in [1.82, 2.24) is 0 Å². The fourth-order valence-corrected chi connectivity index (χ4v) is 1.29. The lowest BCUT2D eigenvalue weighted by molar-refractivity contribution is -0.119. The molecular weight excluding hydrogens is 208 g/mol. The zero-order chi connectivity index (χ0) is 12.1. The second-order valence-corrected chi connectivity index (χ2v) is 3.39. The van der Waals surface area contributed by atoms with E-state index in [9.17, 15) is 9.59 Å². The minimum Gasteiger partial charge on any atom is -0.375 e. The van der Waals surface area contributed by atoms with E-state index in [-0.39, 0.29) is 18.1 Å². The predicted molar refractivity (Wildman–Crippen MR) is 60.2 cm³/mol. The third kappa shape index (κ3) is 3.06. The van der Waals surface area contributed by atoms with Crippen LogP contribution in [0, 0.1) is 6.92 Å². The molecule has 0 spiro atoms. The molecule has 0 unspecified atom stereocenters. The van der Waals surface area contributed by atoms with Crippen LogP contribution in [-0.2, 0) is 9.53 Å². The van der Waals surface area contributed by atoms with Crippen molar-refractivity contribution < 1.29 is 14.3 Å². The molecule has 16 heavy (non-hydrogen) atoms. The van der Waals surface area contributed by atoms with Crippen molar-refractivity contribution in [3.8, 4) is 0 Å². The second kappa shape index (κ2) is 5.27. The van der Waals surface area contributed by atoms with Crippen LogP contribution in [0.2, 0.25) is 0 Å². The molecule has 0 heterocycles. The van der Waals surface area contributed by atoms with Gasteiger partial charge in [0.2, 0.25) is 5.91 Å². The van der Waals surface area contributed by atoms with Crippen molar-refractivity contribution in [2.24, 2.45) is 5.73 Å². The molecular formula is C11H14N2O3. The van der Waals surface area contributed by atoms with Gasteiger partial charge in [0, 0.05) is 7.11 Å². The summed E-state index contributed by atoms with van der Waals surface area (Å²) in [7, 11) is 1.42. The quantitative estimate of drug-likeness (QED) is 0.785. The zero-order valence-corrected chi connectivity index (χ0v) is 9.24. The van der Waals surface area contributed by atoms with Gasteiger partial charge in [-0.15, -0.1) is 0 Å². The Kier molecular flexibility index (Phi) is 4.02. The number of ether oxygens (including phenoxy) is 1. The summed E-state index contributed by atoms with van der Waals surface area (Å²) in [5.41, 5.74) is 6.82. The summed E-state index contributed by atoms with van der Waals surface area (Å²) < 4.78 is 4.68. The molecule has 86 valence electrons. The van der Waals surface area contributed by atoms with Crippen LogP contribution in [0.5, 0.6) is 0 Å². The van der Waals surface area contributed by atoms with Crippen LogP contribution in [-0.4, -0.2) is 25.5 Å². The predicted octanol–water partition coefficient (Wildman–Crippen LogP) is 0.679. The van der Waals surface area contributed by atoms with E-state index in [0.29, 0.717) is 5.69 Å². The Morgan fingerprint density at radius 2 is 2.12 bits per heavy atom. The van der Waals surface area contributed by atoms with Gasteiger partial charge in [-0.2, -0.15) is 0 Å². The van der Waals surface area contributed by atoms with Gasteiger partial charge in [0.1, 0.15) is 6.61 Å². The van der Waals surface area contributed by atoms with E-state index in [0.717, 1.165) is 5.56 Å². The van der Waals surface area contributed by atoms with Gasteiger partial charge in [-0.25, -0.2) is 0 Å². The highest BCUT2D eigenvalue weighted by atomic mass is 16.5. The number of amides is 2. The molecule has 3 N–H and O–H groups in total. The van der Waals surface area contributed by atoms with Gasteiger partial charge in [-0.1, -0.05) is 6.07 Å². The van der Waals surface area contributed by atoms with Gasteiger partial charge in [-0.05, 0) is 24.6 Å². The average Bonchev–Trinajstić information content (AvgIpc) is 2.17. The number of aryl methyl sites for hydroxylation is 1. The van der Waals surface area contributed by atoms with Crippen molar-refractivity contribution in [1.29, 1.82) is 0 Å². The molecule has 5 heteroatoms. The van der Waals surface area contributed by atoms with E-state index >= 15 is 0 Å². The maximum Gasteiger partial charge on any atom is 0.250 e.